The lowest BCUT2D eigenvalue weighted by Crippen LogP contribution is -2.16. The molecule has 0 amide bonds. The normalized spacial score (nSPS) is 12.7. The van der Waals surface area contributed by atoms with Crippen LogP contribution in [-0.4, -0.2) is 20.1 Å². The molecule has 7 heteroatoms. The lowest BCUT2D eigenvalue weighted by molar-refractivity contribution is 0.291. The van der Waals surface area contributed by atoms with Crippen molar-refractivity contribution in [1.29, 1.82) is 5.26 Å². The van der Waals surface area contributed by atoms with Crippen LogP contribution in [0.1, 0.15) is 39.1 Å². The van der Waals surface area contributed by atoms with Gasteiger partial charge in [0.15, 0.2) is 5.82 Å². The smallest absolute Gasteiger partial charge is 0.211 e. The van der Waals surface area contributed by atoms with Crippen molar-refractivity contribution in [3.8, 4) is 11.8 Å². The lowest BCUT2D eigenvalue weighted by Gasteiger charge is -2.19. The SMILES string of the molecule is CC(C#N)Sc1nnc(COc2ccc(C(C)(C)C)cc2)n1N. The molecule has 0 saturated carbocycles. The number of rotatable bonds is 5. The molecule has 2 rings (SSSR count). The van der Waals surface area contributed by atoms with Gasteiger partial charge in [-0.1, -0.05) is 44.7 Å². The van der Waals surface area contributed by atoms with Crippen molar-refractivity contribution < 1.29 is 4.74 Å². The Morgan fingerprint density at radius 3 is 2.52 bits per heavy atom. The molecule has 1 aromatic carbocycles. The summed E-state index contributed by atoms with van der Waals surface area (Å²) in [6.45, 7) is 8.51. The number of benzene rings is 1. The van der Waals surface area contributed by atoms with E-state index in [1.54, 1.807) is 6.92 Å². The van der Waals surface area contributed by atoms with Crippen molar-refractivity contribution in [3.05, 3.63) is 35.7 Å². The minimum Gasteiger partial charge on any atom is -0.486 e. The molecule has 0 saturated heterocycles. The van der Waals surface area contributed by atoms with Gasteiger partial charge >= 0.3 is 0 Å². The molecule has 0 aliphatic heterocycles. The molecule has 1 aromatic heterocycles. The predicted molar refractivity (Wildman–Crippen MR) is 90.6 cm³/mol. The van der Waals surface area contributed by atoms with E-state index in [1.165, 1.54) is 22.0 Å². The number of ether oxygens (including phenoxy) is 1. The highest BCUT2D eigenvalue weighted by Crippen LogP contribution is 2.25. The van der Waals surface area contributed by atoms with Gasteiger partial charge in [0.2, 0.25) is 5.16 Å². The average molecular weight is 331 g/mol. The van der Waals surface area contributed by atoms with Crippen LogP contribution < -0.4 is 10.6 Å². The zero-order chi connectivity index (χ0) is 17.0. The molecule has 1 heterocycles. The second kappa shape index (κ2) is 6.92. The third kappa shape index (κ3) is 4.39. The van der Waals surface area contributed by atoms with Gasteiger partial charge in [-0.25, -0.2) is 4.68 Å². The average Bonchev–Trinajstić information content (AvgIpc) is 2.85. The molecule has 2 N–H and O–H groups in total. The number of hydrogen-bond acceptors (Lipinski definition) is 6. The third-order valence-corrected chi connectivity index (χ3v) is 4.24. The van der Waals surface area contributed by atoms with Gasteiger partial charge < -0.3 is 10.6 Å². The minimum absolute atomic E-state index is 0.111. The van der Waals surface area contributed by atoms with Gasteiger partial charge in [0, 0.05) is 0 Å². The molecule has 6 nitrogen and oxygen atoms in total. The van der Waals surface area contributed by atoms with Crippen LogP contribution in [0, 0.1) is 11.3 Å². The third-order valence-electron chi connectivity index (χ3n) is 3.29. The number of nitrogens with two attached hydrogens (primary N) is 1. The topological polar surface area (TPSA) is 89.8 Å². The summed E-state index contributed by atoms with van der Waals surface area (Å²) in [6.07, 6.45) is 0. The zero-order valence-electron chi connectivity index (χ0n) is 13.8. The van der Waals surface area contributed by atoms with Crippen LogP contribution >= 0.6 is 11.8 Å². The largest absolute Gasteiger partial charge is 0.486 e. The predicted octanol–water partition coefficient (Wildman–Crippen LogP) is 2.87. The Morgan fingerprint density at radius 1 is 1.30 bits per heavy atom. The summed E-state index contributed by atoms with van der Waals surface area (Å²) in [5.74, 6) is 7.20. The Labute approximate surface area is 140 Å². The molecule has 0 spiro atoms. The van der Waals surface area contributed by atoms with Gasteiger partial charge in [0.1, 0.15) is 12.4 Å². The molecule has 2 aromatic rings. The molecule has 0 fully saturated rings. The summed E-state index contributed by atoms with van der Waals surface area (Å²) in [6, 6.07) is 10.1. The van der Waals surface area contributed by atoms with E-state index in [1.807, 2.05) is 12.1 Å². The summed E-state index contributed by atoms with van der Waals surface area (Å²) in [4.78, 5) is 0. The number of nitrogens with zero attached hydrogens (tertiary/aromatic N) is 4. The first-order valence-electron chi connectivity index (χ1n) is 7.30. The van der Waals surface area contributed by atoms with Crippen LogP contribution in [0.15, 0.2) is 29.4 Å². The zero-order valence-corrected chi connectivity index (χ0v) is 14.6. The molecule has 122 valence electrons. The summed E-state index contributed by atoms with van der Waals surface area (Å²) < 4.78 is 7.07. The molecule has 0 radical (unpaired) electrons. The highest BCUT2D eigenvalue weighted by Gasteiger charge is 2.15. The fraction of sp³-hybridized carbons (Fsp3) is 0.438. The van der Waals surface area contributed by atoms with E-state index in [0.29, 0.717) is 11.0 Å². The maximum absolute atomic E-state index is 8.83. The van der Waals surface area contributed by atoms with Gasteiger partial charge in [0.25, 0.3) is 0 Å². The van der Waals surface area contributed by atoms with E-state index in [4.69, 9.17) is 15.8 Å². The first kappa shape index (κ1) is 17.2. The van der Waals surface area contributed by atoms with Crippen LogP contribution in [0.4, 0.5) is 0 Å². The standard InChI is InChI=1S/C16H21N5OS/c1-11(9-17)23-15-20-19-14(21(15)18)10-22-13-7-5-12(6-8-13)16(2,3)4/h5-8,11H,10,18H2,1-4H3. The fourth-order valence-electron chi connectivity index (χ4n) is 1.87. The van der Waals surface area contributed by atoms with Gasteiger partial charge in [-0.2, -0.15) is 5.26 Å². The molecular formula is C16H21N5OS. The maximum Gasteiger partial charge on any atom is 0.211 e. The van der Waals surface area contributed by atoms with Gasteiger partial charge in [0.05, 0.1) is 11.3 Å². The van der Waals surface area contributed by atoms with Crippen LogP contribution in [0.25, 0.3) is 0 Å². The van der Waals surface area contributed by atoms with Crippen LogP contribution in [0.2, 0.25) is 0 Å². The molecule has 1 atom stereocenters. The van der Waals surface area contributed by atoms with E-state index < -0.39 is 0 Å². The Morgan fingerprint density at radius 2 is 1.96 bits per heavy atom. The molecular weight excluding hydrogens is 310 g/mol. The monoisotopic (exact) mass is 331 g/mol. The Bertz CT molecular complexity index is 697. The van der Waals surface area contributed by atoms with Crippen molar-refractivity contribution in [3.63, 3.8) is 0 Å². The summed E-state index contributed by atoms with van der Waals surface area (Å²) in [5.41, 5.74) is 1.36. The fourth-order valence-corrected chi connectivity index (χ4v) is 2.55. The minimum atomic E-state index is -0.236. The second-order valence-corrected chi connectivity index (χ2v) is 7.53. The van der Waals surface area contributed by atoms with Crippen molar-refractivity contribution >= 4 is 11.8 Å². The Kier molecular flexibility index (Phi) is 5.16. The Hall–Kier alpha value is -2.20. The molecule has 1 unspecified atom stereocenters. The first-order chi connectivity index (χ1) is 10.8. The number of nitriles is 1. The van der Waals surface area contributed by atoms with Crippen molar-refractivity contribution in [1.82, 2.24) is 14.9 Å². The quantitative estimate of drug-likeness (QED) is 0.669. The number of thioether (sulfide) groups is 1. The molecule has 23 heavy (non-hydrogen) atoms. The van der Waals surface area contributed by atoms with Crippen LogP contribution in [-0.2, 0) is 12.0 Å². The van der Waals surface area contributed by atoms with Gasteiger partial charge in [-0.15, -0.1) is 10.2 Å². The molecule has 0 aliphatic rings. The van der Waals surface area contributed by atoms with Crippen LogP contribution in [0.5, 0.6) is 5.75 Å². The highest BCUT2D eigenvalue weighted by molar-refractivity contribution is 8.00. The van der Waals surface area contributed by atoms with Gasteiger partial charge in [-0.3, -0.25) is 0 Å². The highest BCUT2D eigenvalue weighted by atomic mass is 32.2. The van der Waals surface area contributed by atoms with Gasteiger partial charge in [-0.05, 0) is 30.0 Å². The summed E-state index contributed by atoms with van der Waals surface area (Å²) in [5, 5.41) is 17.1. The van der Waals surface area contributed by atoms with Crippen LogP contribution in [0.3, 0.4) is 0 Å². The Balaban J connectivity index is 2.00. The summed E-state index contributed by atoms with van der Waals surface area (Å²) in [7, 11) is 0. The lowest BCUT2D eigenvalue weighted by atomic mass is 9.87. The molecule has 0 bridgehead atoms. The van der Waals surface area contributed by atoms with E-state index in [2.05, 4.69) is 49.2 Å². The van der Waals surface area contributed by atoms with E-state index in [0.717, 1.165) is 5.75 Å². The molecule has 0 aliphatic carbocycles. The second-order valence-electron chi connectivity index (χ2n) is 6.22. The van der Waals surface area contributed by atoms with E-state index in [-0.39, 0.29) is 17.3 Å². The summed E-state index contributed by atoms with van der Waals surface area (Å²) >= 11 is 1.27. The number of hydrogen-bond donors (Lipinski definition) is 1. The van der Waals surface area contributed by atoms with Crippen molar-refractivity contribution in [2.45, 2.75) is 50.1 Å². The van der Waals surface area contributed by atoms with Crippen molar-refractivity contribution in [2.75, 3.05) is 5.84 Å². The first-order valence-corrected chi connectivity index (χ1v) is 8.18. The maximum atomic E-state index is 8.83. The van der Waals surface area contributed by atoms with E-state index >= 15 is 0 Å². The van der Waals surface area contributed by atoms with Crippen molar-refractivity contribution in [2.24, 2.45) is 0 Å². The number of aromatic nitrogens is 3. The van der Waals surface area contributed by atoms with E-state index in [9.17, 15) is 0 Å². The number of nitrogen functional groups attached to an aromatic ring is 1.